The van der Waals surface area contributed by atoms with Crippen molar-refractivity contribution in [2.45, 2.75) is 24.0 Å². The predicted molar refractivity (Wildman–Crippen MR) is 105 cm³/mol. The van der Waals surface area contributed by atoms with Gasteiger partial charge < -0.3 is 0 Å². The minimum atomic E-state index is -0.192. The number of carbonyl (C=O) groups is 1. The maximum absolute atomic E-state index is 12.5. The SMILES string of the molecule is CC(C)Sc1cccc(C(=O)Nc2nc3c(Cl)c(Cl)ccc3s2)c1. The van der Waals surface area contributed by atoms with E-state index < -0.39 is 0 Å². The van der Waals surface area contributed by atoms with E-state index in [1.807, 2.05) is 24.3 Å². The first kappa shape index (κ1) is 17.5. The summed E-state index contributed by atoms with van der Waals surface area (Å²) in [7, 11) is 0. The van der Waals surface area contributed by atoms with Gasteiger partial charge in [0.25, 0.3) is 5.91 Å². The minimum absolute atomic E-state index is 0.192. The number of fused-ring (bicyclic) bond motifs is 1. The van der Waals surface area contributed by atoms with Crippen molar-refractivity contribution in [1.29, 1.82) is 0 Å². The molecule has 7 heteroatoms. The van der Waals surface area contributed by atoms with E-state index in [-0.39, 0.29) is 5.91 Å². The van der Waals surface area contributed by atoms with E-state index in [0.29, 0.717) is 31.5 Å². The van der Waals surface area contributed by atoms with E-state index in [1.165, 1.54) is 11.3 Å². The Bertz CT molecular complexity index is 909. The number of nitrogens with zero attached hydrogens (tertiary/aromatic N) is 1. The molecule has 0 aliphatic heterocycles. The molecule has 0 fully saturated rings. The number of hydrogen-bond donors (Lipinski definition) is 1. The lowest BCUT2D eigenvalue weighted by molar-refractivity contribution is 0.102. The Hall–Kier alpha value is -1.27. The molecule has 0 aliphatic rings. The van der Waals surface area contributed by atoms with Crippen LogP contribution in [0.25, 0.3) is 10.2 Å². The van der Waals surface area contributed by atoms with Gasteiger partial charge in [-0.25, -0.2) is 4.98 Å². The summed E-state index contributed by atoms with van der Waals surface area (Å²) in [4.78, 5) is 17.9. The molecule has 1 aromatic heterocycles. The Morgan fingerprint density at radius 1 is 1.25 bits per heavy atom. The number of nitrogens with one attached hydrogen (secondary N) is 1. The molecule has 0 saturated heterocycles. The summed E-state index contributed by atoms with van der Waals surface area (Å²) in [6.07, 6.45) is 0. The van der Waals surface area contributed by atoms with Crippen LogP contribution >= 0.6 is 46.3 Å². The van der Waals surface area contributed by atoms with Crippen LogP contribution < -0.4 is 5.32 Å². The van der Waals surface area contributed by atoms with Crippen LogP contribution in [0.4, 0.5) is 5.13 Å². The predicted octanol–water partition coefficient (Wildman–Crippen LogP) is 6.36. The van der Waals surface area contributed by atoms with Crippen LogP contribution in [0.3, 0.4) is 0 Å². The highest BCUT2D eigenvalue weighted by Gasteiger charge is 2.13. The van der Waals surface area contributed by atoms with Gasteiger partial charge in [0, 0.05) is 15.7 Å². The Labute approximate surface area is 158 Å². The molecule has 3 aromatic rings. The standard InChI is InChI=1S/C17H14Cl2N2OS2/c1-9(2)23-11-5-3-4-10(8-11)16(22)21-17-20-15-13(24-17)7-6-12(18)14(15)19/h3-9H,1-2H3,(H,20,21,22). The number of thioether (sulfide) groups is 1. The van der Waals surface area contributed by atoms with Gasteiger partial charge in [0.05, 0.1) is 14.7 Å². The fraction of sp³-hybridized carbons (Fsp3) is 0.176. The summed E-state index contributed by atoms with van der Waals surface area (Å²) in [6.45, 7) is 4.24. The second kappa shape index (κ2) is 7.31. The van der Waals surface area contributed by atoms with Gasteiger partial charge in [-0.15, -0.1) is 11.8 Å². The molecule has 0 radical (unpaired) electrons. The molecule has 3 rings (SSSR count). The van der Waals surface area contributed by atoms with Crippen molar-refractivity contribution < 1.29 is 4.79 Å². The first-order valence-corrected chi connectivity index (χ1v) is 9.72. The normalized spacial score (nSPS) is 11.2. The molecule has 1 heterocycles. The fourth-order valence-electron chi connectivity index (χ4n) is 2.14. The molecule has 1 N–H and O–H groups in total. The van der Waals surface area contributed by atoms with Crippen LogP contribution in [0.1, 0.15) is 24.2 Å². The summed E-state index contributed by atoms with van der Waals surface area (Å²) in [5, 5.41) is 4.64. The van der Waals surface area contributed by atoms with Crippen molar-refractivity contribution in [3.05, 3.63) is 52.0 Å². The minimum Gasteiger partial charge on any atom is -0.298 e. The van der Waals surface area contributed by atoms with Gasteiger partial charge in [0.1, 0.15) is 5.52 Å². The summed E-state index contributed by atoms with van der Waals surface area (Å²) >= 11 is 15.2. The Balaban J connectivity index is 1.83. The van der Waals surface area contributed by atoms with Gasteiger partial charge >= 0.3 is 0 Å². The number of anilines is 1. The maximum atomic E-state index is 12.5. The van der Waals surface area contributed by atoms with Crippen LogP contribution in [-0.2, 0) is 0 Å². The molecule has 0 bridgehead atoms. The molecule has 0 spiro atoms. The van der Waals surface area contributed by atoms with Crippen molar-refractivity contribution in [3.8, 4) is 0 Å². The third-order valence-electron chi connectivity index (χ3n) is 3.14. The van der Waals surface area contributed by atoms with Crippen molar-refractivity contribution >= 4 is 67.6 Å². The second-order valence-corrected chi connectivity index (χ2v) is 8.84. The number of thiazole rings is 1. The number of amides is 1. The third kappa shape index (κ3) is 3.86. The van der Waals surface area contributed by atoms with Gasteiger partial charge in [-0.3, -0.25) is 10.1 Å². The van der Waals surface area contributed by atoms with Crippen molar-refractivity contribution in [2.24, 2.45) is 0 Å². The number of aromatic nitrogens is 1. The van der Waals surface area contributed by atoms with Gasteiger partial charge in [-0.05, 0) is 30.3 Å². The molecule has 3 nitrogen and oxygen atoms in total. The molecule has 0 aliphatic carbocycles. The number of benzene rings is 2. The molecule has 0 saturated carbocycles. The van der Waals surface area contributed by atoms with E-state index in [2.05, 4.69) is 24.1 Å². The largest absolute Gasteiger partial charge is 0.298 e. The molecule has 2 aromatic carbocycles. The number of rotatable bonds is 4. The molecular formula is C17H14Cl2N2OS2. The summed E-state index contributed by atoms with van der Waals surface area (Å²) in [5.41, 5.74) is 1.21. The van der Waals surface area contributed by atoms with E-state index in [1.54, 1.807) is 23.9 Å². The number of halogens is 2. The third-order valence-corrected chi connectivity index (χ3v) is 5.87. The van der Waals surface area contributed by atoms with Crippen molar-refractivity contribution in [3.63, 3.8) is 0 Å². The quantitative estimate of drug-likeness (QED) is 0.521. The molecule has 0 unspecified atom stereocenters. The smallest absolute Gasteiger partial charge is 0.257 e. The molecule has 0 atom stereocenters. The summed E-state index contributed by atoms with van der Waals surface area (Å²) < 4.78 is 0.879. The van der Waals surface area contributed by atoms with Crippen LogP contribution in [0, 0.1) is 0 Å². The zero-order chi connectivity index (χ0) is 17.3. The first-order valence-electron chi connectivity index (χ1n) is 7.26. The van der Waals surface area contributed by atoms with Crippen molar-refractivity contribution in [2.75, 3.05) is 5.32 Å². The molecule has 1 amide bonds. The molecule has 124 valence electrons. The Morgan fingerprint density at radius 2 is 2.04 bits per heavy atom. The van der Waals surface area contributed by atoms with E-state index in [9.17, 15) is 4.79 Å². The average molecular weight is 397 g/mol. The monoisotopic (exact) mass is 396 g/mol. The lowest BCUT2D eigenvalue weighted by Gasteiger charge is -2.07. The summed E-state index contributed by atoms with van der Waals surface area (Å²) in [5.74, 6) is -0.192. The summed E-state index contributed by atoms with van der Waals surface area (Å²) in [6, 6.07) is 11.1. The van der Waals surface area contributed by atoms with Crippen LogP contribution in [0.2, 0.25) is 10.0 Å². The second-order valence-electron chi connectivity index (χ2n) is 5.38. The Kier molecular flexibility index (Phi) is 5.35. The highest BCUT2D eigenvalue weighted by molar-refractivity contribution is 7.99. The lowest BCUT2D eigenvalue weighted by Crippen LogP contribution is -2.11. The number of carbonyl (C=O) groups excluding carboxylic acids is 1. The lowest BCUT2D eigenvalue weighted by atomic mass is 10.2. The zero-order valence-electron chi connectivity index (χ0n) is 13.0. The van der Waals surface area contributed by atoms with E-state index in [4.69, 9.17) is 23.2 Å². The van der Waals surface area contributed by atoms with Crippen molar-refractivity contribution in [1.82, 2.24) is 4.98 Å². The van der Waals surface area contributed by atoms with Crippen LogP contribution in [0.15, 0.2) is 41.3 Å². The highest BCUT2D eigenvalue weighted by atomic mass is 35.5. The highest BCUT2D eigenvalue weighted by Crippen LogP contribution is 2.35. The van der Waals surface area contributed by atoms with Gasteiger partial charge in [0.15, 0.2) is 5.13 Å². The maximum Gasteiger partial charge on any atom is 0.257 e. The van der Waals surface area contributed by atoms with E-state index in [0.717, 1.165) is 9.60 Å². The van der Waals surface area contributed by atoms with Gasteiger partial charge in [0.2, 0.25) is 0 Å². The number of hydrogen-bond acceptors (Lipinski definition) is 4. The van der Waals surface area contributed by atoms with Gasteiger partial charge in [-0.2, -0.15) is 0 Å². The molecule has 24 heavy (non-hydrogen) atoms. The van der Waals surface area contributed by atoms with Gasteiger partial charge in [-0.1, -0.05) is 54.5 Å². The van der Waals surface area contributed by atoms with E-state index >= 15 is 0 Å². The molecular weight excluding hydrogens is 383 g/mol. The van der Waals surface area contributed by atoms with Crippen LogP contribution in [0.5, 0.6) is 0 Å². The van der Waals surface area contributed by atoms with Crippen LogP contribution in [-0.4, -0.2) is 16.1 Å². The first-order chi connectivity index (χ1) is 11.4. The fourth-order valence-corrected chi connectivity index (χ4v) is 4.32. The zero-order valence-corrected chi connectivity index (χ0v) is 16.1. The topological polar surface area (TPSA) is 42.0 Å². The Morgan fingerprint density at radius 3 is 2.79 bits per heavy atom. The average Bonchev–Trinajstić information content (AvgIpc) is 2.94.